The second kappa shape index (κ2) is 7.24. The Hall–Kier alpha value is -2.04. The highest BCUT2D eigenvalue weighted by atomic mass is 32.2. The number of aromatic carboxylic acids is 1. The molecule has 0 saturated heterocycles. The fourth-order valence-corrected chi connectivity index (χ4v) is 4.01. The van der Waals surface area contributed by atoms with Crippen LogP contribution < -0.4 is 9.46 Å². The summed E-state index contributed by atoms with van der Waals surface area (Å²) in [5.41, 5.74) is 0.379. The third kappa shape index (κ3) is 3.89. The minimum atomic E-state index is -4.06. The zero-order valence-corrected chi connectivity index (χ0v) is 14.5. The Morgan fingerprint density at radius 3 is 2.75 bits per heavy atom. The Morgan fingerprint density at radius 2 is 2.17 bits per heavy atom. The van der Waals surface area contributed by atoms with Gasteiger partial charge in [0, 0.05) is 13.0 Å². The van der Waals surface area contributed by atoms with Gasteiger partial charge in [-0.15, -0.1) is 11.3 Å². The number of rotatable bonds is 7. The van der Waals surface area contributed by atoms with Crippen LogP contribution in [0.3, 0.4) is 0 Å². The standard InChI is InChI=1S/C14H15FN2O5S2/c1-8-13(14(18)19)23-11(17-8)6-7-16-24(20,21)10-5-3-4-9(22-2)12(10)15/h3-5,16H,6-7H2,1-2H3,(H,18,19). The number of nitrogens with zero attached hydrogens (tertiary/aromatic N) is 1. The molecule has 1 aromatic carbocycles. The molecule has 7 nitrogen and oxygen atoms in total. The van der Waals surface area contributed by atoms with E-state index in [9.17, 15) is 17.6 Å². The molecule has 10 heteroatoms. The molecule has 2 aromatic rings. The number of carboxylic acids is 1. The maximum Gasteiger partial charge on any atom is 0.347 e. The highest BCUT2D eigenvalue weighted by Crippen LogP contribution is 2.23. The Morgan fingerprint density at radius 1 is 1.46 bits per heavy atom. The van der Waals surface area contributed by atoms with Crippen molar-refractivity contribution in [1.29, 1.82) is 0 Å². The van der Waals surface area contributed by atoms with Crippen LogP contribution in [0, 0.1) is 12.7 Å². The first kappa shape index (κ1) is 18.3. The summed E-state index contributed by atoms with van der Waals surface area (Å²) in [6.07, 6.45) is 0.198. The Kier molecular flexibility index (Phi) is 5.52. The van der Waals surface area contributed by atoms with Crippen molar-refractivity contribution in [2.24, 2.45) is 0 Å². The van der Waals surface area contributed by atoms with Gasteiger partial charge in [0.05, 0.1) is 17.8 Å². The van der Waals surface area contributed by atoms with E-state index in [1.807, 2.05) is 0 Å². The van der Waals surface area contributed by atoms with Gasteiger partial charge in [0.2, 0.25) is 10.0 Å². The second-order valence-corrected chi connectivity index (χ2v) is 7.57. The molecule has 0 fully saturated rings. The van der Waals surface area contributed by atoms with Gasteiger partial charge >= 0.3 is 5.97 Å². The van der Waals surface area contributed by atoms with Gasteiger partial charge < -0.3 is 9.84 Å². The predicted octanol–water partition coefficient (Wildman–Crippen LogP) is 1.82. The van der Waals surface area contributed by atoms with Crippen LogP contribution in [0.5, 0.6) is 5.75 Å². The molecule has 24 heavy (non-hydrogen) atoms. The lowest BCUT2D eigenvalue weighted by molar-refractivity contribution is 0.0701. The maximum absolute atomic E-state index is 14.0. The number of halogens is 1. The summed E-state index contributed by atoms with van der Waals surface area (Å²) in [7, 11) is -2.81. The quantitative estimate of drug-likeness (QED) is 0.766. The smallest absolute Gasteiger partial charge is 0.347 e. The van der Waals surface area contributed by atoms with Gasteiger partial charge in [0.1, 0.15) is 9.77 Å². The number of aromatic nitrogens is 1. The van der Waals surface area contributed by atoms with Crippen molar-refractivity contribution in [2.45, 2.75) is 18.2 Å². The molecule has 1 aromatic heterocycles. The molecule has 0 aliphatic heterocycles. The summed E-state index contributed by atoms with van der Waals surface area (Å²) in [6, 6.07) is 3.83. The van der Waals surface area contributed by atoms with Crippen molar-refractivity contribution in [3.63, 3.8) is 0 Å². The van der Waals surface area contributed by atoms with Crippen LogP contribution >= 0.6 is 11.3 Å². The zero-order valence-electron chi connectivity index (χ0n) is 12.9. The normalized spacial score (nSPS) is 11.5. The fraction of sp³-hybridized carbons (Fsp3) is 0.286. The summed E-state index contributed by atoms with van der Waals surface area (Å²) in [6.45, 7) is 1.53. The molecule has 130 valence electrons. The molecule has 0 aliphatic rings. The third-order valence-electron chi connectivity index (χ3n) is 3.10. The lowest BCUT2D eigenvalue weighted by Gasteiger charge is -2.09. The molecule has 0 saturated carbocycles. The molecule has 0 amide bonds. The average Bonchev–Trinajstić information content (AvgIpc) is 2.88. The van der Waals surface area contributed by atoms with E-state index < -0.39 is 26.7 Å². The molecule has 2 rings (SSSR count). The number of carbonyl (C=O) groups is 1. The maximum atomic E-state index is 14.0. The van der Waals surface area contributed by atoms with Gasteiger partial charge in [-0.2, -0.15) is 0 Å². The first-order chi connectivity index (χ1) is 11.3. The lowest BCUT2D eigenvalue weighted by atomic mass is 10.3. The number of methoxy groups -OCH3 is 1. The van der Waals surface area contributed by atoms with E-state index in [1.54, 1.807) is 6.92 Å². The van der Waals surface area contributed by atoms with Crippen LogP contribution in [0.2, 0.25) is 0 Å². The van der Waals surface area contributed by atoms with Gasteiger partial charge in [0.25, 0.3) is 0 Å². The minimum Gasteiger partial charge on any atom is -0.494 e. The topological polar surface area (TPSA) is 106 Å². The van der Waals surface area contributed by atoms with E-state index in [1.165, 1.54) is 19.2 Å². The van der Waals surface area contributed by atoms with Crippen LogP contribution in [0.1, 0.15) is 20.4 Å². The Bertz CT molecular complexity index is 864. The van der Waals surface area contributed by atoms with Crippen LogP contribution in [0.25, 0.3) is 0 Å². The van der Waals surface area contributed by atoms with Gasteiger partial charge in [-0.25, -0.2) is 27.3 Å². The number of thiazole rings is 1. The Balaban J connectivity index is 2.09. The summed E-state index contributed by atoms with van der Waals surface area (Å²) < 4.78 is 45.4. The molecule has 0 radical (unpaired) electrons. The predicted molar refractivity (Wildman–Crippen MR) is 85.7 cm³/mol. The van der Waals surface area contributed by atoms with E-state index >= 15 is 0 Å². The fourth-order valence-electron chi connectivity index (χ4n) is 1.98. The molecular formula is C14H15FN2O5S2. The van der Waals surface area contributed by atoms with Gasteiger partial charge in [-0.05, 0) is 19.1 Å². The molecule has 0 unspecified atom stereocenters. The van der Waals surface area contributed by atoms with E-state index in [0.717, 1.165) is 17.4 Å². The minimum absolute atomic E-state index is 0.0367. The SMILES string of the molecule is COc1cccc(S(=O)(=O)NCCc2nc(C)c(C(=O)O)s2)c1F. The van der Waals surface area contributed by atoms with Gasteiger partial charge in [-0.3, -0.25) is 0 Å². The van der Waals surface area contributed by atoms with Crippen LogP contribution in [-0.2, 0) is 16.4 Å². The lowest BCUT2D eigenvalue weighted by Crippen LogP contribution is -2.26. The first-order valence-corrected chi connectivity index (χ1v) is 9.08. The van der Waals surface area contributed by atoms with Gasteiger partial charge in [0.15, 0.2) is 11.6 Å². The average molecular weight is 374 g/mol. The number of ether oxygens (including phenoxy) is 1. The van der Waals surface area contributed by atoms with Crippen molar-refractivity contribution >= 4 is 27.3 Å². The van der Waals surface area contributed by atoms with Crippen molar-refractivity contribution in [1.82, 2.24) is 9.71 Å². The highest BCUT2D eigenvalue weighted by Gasteiger charge is 2.21. The van der Waals surface area contributed by atoms with Crippen LogP contribution in [0.4, 0.5) is 4.39 Å². The van der Waals surface area contributed by atoms with Gasteiger partial charge in [-0.1, -0.05) is 6.07 Å². The summed E-state index contributed by atoms with van der Waals surface area (Å²) in [5, 5.41) is 9.45. The van der Waals surface area contributed by atoms with Crippen LogP contribution in [0.15, 0.2) is 23.1 Å². The molecular weight excluding hydrogens is 359 g/mol. The monoisotopic (exact) mass is 374 g/mol. The molecule has 0 bridgehead atoms. The summed E-state index contributed by atoms with van der Waals surface area (Å²) >= 11 is 0.984. The number of benzene rings is 1. The van der Waals surface area contributed by atoms with E-state index in [0.29, 0.717) is 10.7 Å². The second-order valence-electron chi connectivity index (χ2n) is 4.75. The first-order valence-electron chi connectivity index (χ1n) is 6.78. The zero-order chi connectivity index (χ0) is 17.9. The van der Waals surface area contributed by atoms with E-state index in [4.69, 9.17) is 9.84 Å². The number of nitrogens with one attached hydrogen (secondary N) is 1. The third-order valence-corrected chi connectivity index (χ3v) is 5.79. The van der Waals surface area contributed by atoms with Crippen molar-refractivity contribution in [3.8, 4) is 5.75 Å². The molecule has 2 N–H and O–H groups in total. The molecule has 1 heterocycles. The number of carboxylic acid groups (broad SMARTS) is 1. The van der Waals surface area contributed by atoms with E-state index in [2.05, 4.69) is 9.71 Å². The number of sulfonamides is 1. The highest BCUT2D eigenvalue weighted by molar-refractivity contribution is 7.89. The Labute approximate surface area is 142 Å². The number of hydrogen-bond acceptors (Lipinski definition) is 6. The molecule has 0 aliphatic carbocycles. The van der Waals surface area contributed by atoms with E-state index in [-0.39, 0.29) is 23.6 Å². The largest absolute Gasteiger partial charge is 0.494 e. The molecule has 0 spiro atoms. The van der Waals surface area contributed by atoms with Crippen molar-refractivity contribution in [2.75, 3.05) is 13.7 Å². The number of hydrogen-bond donors (Lipinski definition) is 2. The van der Waals surface area contributed by atoms with Crippen LogP contribution in [-0.4, -0.2) is 38.1 Å². The summed E-state index contributed by atoms with van der Waals surface area (Å²) in [5.74, 6) is -2.21. The molecule has 0 atom stereocenters. The number of aryl methyl sites for hydroxylation is 1. The van der Waals surface area contributed by atoms with Crippen molar-refractivity contribution < 1.29 is 27.4 Å². The summed E-state index contributed by atoms with van der Waals surface area (Å²) in [4.78, 5) is 14.6. The van der Waals surface area contributed by atoms with Crippen molar-refractivity contribution in [3.05, 3.63) is 39.6 Å².